The van der Waals surface area contributed by atoms with Crippen molar-refractivity contribution in [2.75, 3.05) is 13.1 Å². The van der Waals surface area contributed by atoms with E-state index < -0.39 is 0 Å². The van der Waals surface area contributed by atoms with Gasteiger partial charge in [0.2, 0.25) is 0 Å². The summed E-state index contributed by atoms with van der Waals surface area (Å²) in [5.74, 6) is 0.781. The van der Waals surface area contributed by atoms with Crippen molar-refractivity contribution in [3.63, 3.8) is 0 Å². The first-order chi connectivity index (χ1) is 9.08. The molecule has 19 heavy (non-hydrogen) atoms. The normalized spacial score (nSPS) is 27.5. The minimum atomic E-state index is 0.425. The molecule has 1 rings (SSSR count). The van der Waals surface area contributed by atoms with Crippen LogP contribution in [-0.2, 0) is 0 Å². The van der Waals surface area contributed by atoms with Crippen molar-refractivity contribution in [3.05, 3.63) is 0 Å². The summed E-state index contributed by atoms with van der Waals surface area (Å²) >= 11 is 0. The molecule has 0 aromatic rings. The summed E-state index contributed by atoms with van der Waals surface area (Å²) in [6.45, 7) is 16.6. The van der Waals surface area contributed by atoms with Crippen LogP contribution in [0.25, 0.3) is 0 Å². The zero-order chi connectivity index (χ0) is 14.5. The highest BCUT2D eigenvalue weighted by Crippen LogP contribution is 2.33. The number of rotatable bonds is 7. The lowest BCUT2D eigenvalue weighted by atomic mass is 9.83. The highest BCUT2D eigenvalue weighted by molar-refractivity contribution is 4.97. The van der Waals surface area contributed by atoms with Gasteiger partial charge in [0.15, 0.2) is 0 Å². The second-order valence-electron chi connectivity index (χ2n) is 6.40. The molecule has 1 N–H and O–H groups in total. The fourth-order valence-corrected chi connectivity index (χ4v) is 3.79. The number of hydrogen-bond donors (Lipinski definition) is 1. The molecule has 1 saturated heterocycles. The van der Waals surface area contributed by atoms with E-state index in [9.17, 15) is 0 Å². The molecule has 114 valence electrons. The van der Waals surface area contributed by atoms with Gasteiger partial charge >= 0.3 is 0 Å². The Hall–Kier alpha value is -0.0800. The molecule has 2 heteroatoms. The third-order valence-corrected chi connectivity index (χ3v) is 5.84. The van der Waals surface area contributed by atoms with Gasteiger partial charge in [0.1, 0.15) is 0 Å². The minimum Gasteiger partial charge on any atom is -0.311 e. The molecule has 2 nitrogen and oxygen atoms in total. The summed E-state index contributed by atoms with van der Waals surface area (Å²) in [6, 6.07) is 1.40. The molecular formula is C17H36N2. The van der Waals surface area contributed by atoms with Crippen molar-refractivity contribution in [2.24, 2.45) is 5.92 Å². The Morgan fingerprint density at radius 3 is 2.11 bits per heavy atom. The Labute approximate surface area is 121 Å². The summed E-state index contributed by atoms with van der Waals surface area (Å²) < 4.78 is 0. The average molecular weight is 268 g/mol. The topological polar surface area (TPSA) is 15.3 Å². The molecule has 0 radical (unpaired) electrons. The van der Waals surface area contributed by atoms with E-state index in [1.807, 2.05) is 0 Å². The molecule has 1 fully saturated rings. The van der Waals surface area contributed by atoms with E-state index >= 15 is 0 Å². The van der Waals surface area contributed by atoms with Crippen LogP contribution in [0.1, 0.15) is 73.6 Å². The highest BCUT2D eigenvalue weighted by Gasteiger charge is 2.40. The van der Waals surface area contributed by atoms with Crippen molar-refractivity contribution in [2.45, 2.75) is 91.3 Å². The molecule has 0 amide bonds. The maximum absolute atomic E-state index is 3.80. The first-order valence-electron chi connectivity index (χ1n) is 8.58. The number of hydrogen-bond acceptors (Lipinski definition) is 2. The van der Waals surface area contributed by atoms with Gasteiger partial charge in [0.05, 0.1) is 0 Å². The van der Waals surface area contributed by atoms with Crippen LogP contribution in [0.15, 0.2) is 0 Å². The Kier molecular flexibility index (Phi) is 6.82. The minimum absolute atomic E-state index is 0.425. The summed E-state index contributed by atoms with van der Waals surface area (Å²) in [6.07, 6.45) is 6.39. The third kappa shape index (κ3) is 3.52. The van der Waals surface area contributed by atoms with Gasteiger partial charge in [0.25, 0.3) is 0 Å². The molecule has 0 bridgehead atoms. The van der Waals surface area contributed by atoms with Crippen LogP contribution in [0, 0.1) is 5.92 Å². The van der Waals surface area contributed by atoms with Gasteiger partial charge in [-0.3, -0.25) is 4.90 Å². The van der Waals surface area contributed by atoms with Crippen LogP contribution in [0.5, 0.6) is 0 Å². The molecule has 1 heterocycles. The van der Waals surface area contributed by atoms with E-state index in [2.05, 4.69) is 51.8 Å². The van der Waals surface area contributed by atoms with Crippen molar-refractivity contribution >= 4 is 0 Å². The molecule has 1 aliphatic rings. The molecule has 1 aliphatic heterocycles. The first-order valence-corrected chi connectivity index (χ1v) is 8.58. The SMILES string of the molecule is CCC(C)C1CN(C(CC)(CC)CC)C(CC)CN1. The van der Waals surface area contributed by atoms with E-state index in [0.29, 0.717) is 11.6 Å². The quantitative estimate of drug-likeness (QED) is 0.749. The maximum atomic E-state index is 3.80. The summed E-state index contributed by atoms with van der Waals surface area (Å²) in [7, 11) is 0. The van der Waals surface area contributed by atoms with Gasteiger partial charge < -0.3 is 5.32 Å². The summed E-state index contributed by atoms with van der Waals surface area (Å²) in [5, 5.41) is 3.80. The van der Waals surface area contributed by atoms with E-state index in [4.69, 9.17) is 0 Å². The monoisotopic (exact) mass is 268 g/mol. The van der Waals surface area contributed by atoms with Crippen molar-refractivity contribution < 1.29 is 0 Å². The molecule has 3 atom stereocenters. The second kappa shape index (κ2) is 7.64. The lowest BCUT2D eigenvalue weighted by molar-refractivity contribution is -0.00946. The Balaban J connectivity index is 2.90. The van der Waals surface area contributed by atoms with E-state index in [0.717, 1.165) is 12.0 Å². The number of nitrogens with one attached hydrogen (secondary N) is 1. The zero-order valence-corrected chi connectivity index (χ0v) is 14.1. The fourth-order valence-electron chi connectivity index (χ4n) is 3.79. The Bertz CT molecular complexity index is 239. The van der Waals surface area contributed by atoms with Crippen LogP contribution in [-0.4, -0.2) is 35.6 Å². The van der Waals surface area contributed by atoms with E-state index in [1.54, 1.807) is 0 Å². The van der Waals surface area contributed by atoms with Crippen LogP contribution in [0.2, 0.25) is 0 Å². The second-order valence-corrected chi connectivity index (χ2v) is 6.40. The standard InChI is InChI=1S/C17H36N2/c1-7-14(6)16-13-19(15(8-2)12-18-16)17(9-3,10-4)11-5/h14-16,18H,7-13H2,1-6H3. The molecule has 0 spiro atoms. The van der Waals surface area contributed by atoms with Crippen LogP contribution in [0.3, 0.4) is 0 Å². The van der Waals surface area contributed by atoms with Crippen LogP contribution >= 0.6 is 0 Å². The van der Waals surface area contributed by atoms with Gasteiger partial charge in [-0.05, 0) is 31.6 Å². The van der Waals surface area contributed by atoms with Gasteiger partial charge in [-0.25, -0.2) is 0 Å². The van der Waals surface area contributed by atoms with Crippen LogP contribution in [0.4, 0.5) is 0 Å². The maximum Gasteiger partial charge on any atom is 0.0224 e. The highest BCUT2D eigenvalue weighted by atomic mass is 15.3. The average Bonchev–Trinajstić information content (AvgIpc) is 2.48. The molecular weight excluding hydrogens is 232 g/mol. The van der Waals surface area contributed by atoms with Gasteiger partial charge in [-0.15, -0.1) is 0 Å². The molecule has 0 saturated carbocycles. The summed E-state index contributed by atoms with van der Waals surface area (Å²) in [5.41, 5.74) is 0.425. The molecule has 0 aromatic carbocycles. The summed E-state index contributed by atoms with van der Waals surface area (Å²) in [4.78, 5) is 2.86. The lowest BCUT2D eigenvalue weighted by Crippen LogP contribution is -2.65. The fraction of sp³-hybridized carbons (Fsp3) is 1.00. The predicted molar refractivity (Wildman–Crippen MR) is 85.6 cm³/mol. The first kappa shape index (κ1) is 17.0. The molecule has 3 unspecified atom stereocenters. The van der Waals surface area contributed by atoms with Gasteiger partial charge in [-0.1, -0.05) is 48.0 Å². The van der Waals surface area contributed by atoms with Crippen molar-refractivity contribution in [1.29, 1.82) is 0 Å². The molecule has 0 aliphatic carbocycles. The van der Waals surface area contributed by atoms with Gasteiger partial charge in [-0.2, -0.15) is 0 Å². The van der Waals surface area contributed by atoms with Gasteiger partial charge in [0, 0.05) is 30.7 Å². The molecule has 0 aromatic heterocycles. The number of nitrogens with zero attached hydrogens (tertiary/aromatic N) is 1. The predicted octanol–water partition coefficient (Wildman–Crippen LogP) is 4.05. The van der Waals surface area contributed by atoms with E-state index in [-0.39, 0.29) is 0 Å². The third-order valence-electron chi connectivity index (χ3n) is 5.84. The smallest absolute Gasteiger partial charge is 0.0224 e. The lowest BCUT2D eigenvalue weighted by Gasteiger charge is -2.52. The van der Waals surface area contributed by atoms with Crippen molar-refractivity contribution in [3.8, 4) is 0 Å². The van der Waals surface area contributed by atoms with E-state index in [1.165, 1.54) is 45.2 Å². The number of piperazine rings is 1. The van der Waals surface area contributed by atoms with Crippen LogP contribution < -0.4 is 5.32 Å². The largest absolute Gasteiger partial charge is 0.311 e. The van der Waals surface area contributed by atoms with Crippen molar-refractivity contribution in [1.82, 2.24) is 10.2 Å². The Morgan fingerprint density at radius 1 is 1.11 bits per heavy atom. The zero-order valence-electron chi connectivity index (χ0n) is 14.1. The Morgan fingerprint density at radius 2 is 1.68 bits per heavy atom.